The van der Waals surface area contributed by atoms with E-state index in [1.807, 2.05) is 12.1 Å². The van der Waals surface area contributed by atoms with Crippen LogP contribution in [-0.4, -0.2) is 19.8 Å². The number of methoxy groups -OCH3 is 1. The minimum atomic E-state index is 0.450. The van der Waals surface area contributed by atoms with Gasteiger partial charge in [-0.05, 0) is 24.1 Å². The van der Waals surface area contributed by atoms with Gasteiger partial charge in [0.25, 0.3) is 0 Å². The van der Waals surface area contributed by atoms with E-state index >= 15 is 0 Å². The molecule has 2 rings (SSSR count). The van der Waals surface area contributed by atoms with E-state index < -0.39 is 0 Å². The summed E-state index contributed by atoms with van der Waals surface area (Å²) in [6.07, 6.45) is 1.47. The molecule has 1 fully saturated rings. The zero-order valence-electron chi connectivity index (χ0n) is 8.04. The summed E-state index contributed by atoms with van der Waals surface area (Å²) in [6.45, 7) is 3.01. The average molecular weight is 178 g/mol. The van der Waals surface area contributed by atoms with Gasteiger partial charge in [0, 0.05) is 6.42 Å². The first-order valence-corrected chi connectivity index (χ1v) is 4.55. The Morgan fingerprint density at radius 1 is 1.54 bits per heavy atom. The van der Waals surface area contributed by atoms with Crippen molar-refractivity contribution in [1.82, 2.24) is 0 Å². The molecule has 2 nitrogen and oxygen atoms in total. The second-order valence-corrected chi connectivity index (χ2v) is 3.40. The topological polar surface area (TPSA) is 21.8 Å². The maximum absolute atomic E-state index is 5.25. The molecule has 0 aromatic heterocycles. The monoisotopic (exact) mass is 178 g/mol. The average Bonchev–Trinajstić information content (AvgIpc) is 2.92. The molecule has 1 aliphatic heterocycles. The Morgan fingerprint density at radius 2 is 2.31 bits per heavy atom. The van der Waals surface area contributed by atoms with Gasteiger partial charge in [0.15, 0.2) is 0 Å². The normalized spacial score (nSPS) is 20.0. The minimum absolute atomic E-state index is 0.450. The molecule has 0 radical (unpaired) electrons. The summed E-state index contributed by atoms with van der Waals surface area (Å²) in [7, 11) is 1.71. The van der Waals surface area contributed by atoms with Crippen LogP contribution in [0.5, 0.6) is 5.75 Å². The first-order chi connectivity index (χ1) is 6.31. The van der Waals surface area contributed by atoms with Crippen molar-refractivity contribution in [3.63, 3.8) is 0 Å². The van der Waals surface area contributed by atoms with Crippen LogP contribution in [0.2, 0.25) is 0 Å². The molecule has 1 saturated heterocycles. The van der Waals surface area contributed by atoms with E-state index in [1.165, 1.54) is 11.1 Å². The van der Waals surface area contributed by atoms with Gasteiger partial charge in [0.1, 0.15) is 5.75 Å². The van der Waals surface area contributed by atoms with Crippen molar-refractivity contribution in [3.8, 4) is 5.75 Å². The molecule has 1 atom stereocenters. The zero-order chi connectivity index (χ0) is 9.26. The minimum Gasteiger partial charge on any atom is -0.496 e. The van der Waals surface area contributed by atoms with Crippen LogP contribution >= 0.6 is 0 Å². The fraction of sp³-hybridized carbons (Fsp3) is 0.455. The van der Waals surface area contributed by atoms with Crippen LogP contribution in [0.15, 0.2) is 18.2 Å². The van der Waals surface area contributed by atoms with Crippen molar-refractivity contribution in [2.45, 2.75) is 19.4 Å². The smallest absolute Gasteiger partial charge is 0.122 e. The van der Waals surface area contributed by atoms with Gasteiger partial charge in [-0.25, -0.2) is 0 Å². The Labute approximate surface area is 78.5 Å². The molecule has 1 aromatic carbocycles. The molecule has 0 amide bonds. The Bertz CT molecular complexity index is 303. The van der Waals surface area contributed by atoms with Gasteiger partial charge < -0.3 is 9.47 Å². The third kappa shape index (κ3) is 1.83. The largest absolute Gasteiger partial charge is 0.496 e. The molecule has 0 N–H and O–H groups in total. The molecule has 70 valence electrons. The molecule has 1 aromatic rings. The molecule has 1 unspecified atom stereocenters. The highest BCUT2D eigenvalue weighted by Crippen LogP contribution is 2.24. The molecule has 13 heavy (non-hydrogen) atoms. The summed E-state index contributed by atoms with van der Waals surface area (Å²) in [5, 5.41) is 0. The van der Waals surface area contributed by atoms with E-state index in [9.17, 15) is 0 Å². The summed E-state index contributed by atoms with van der Waals surface area (Å²) < 4.78 is 10.4. The van der Waals surface area contributed by atoms with Crippen molar-refractivity contribution in [3.05, 3.63) is 29.3 Å². The molecule has 0 bridgehead atoms. The van der Waals surface area contributed by atoms with Crippen LogP contribution in [0.1, 0.15) is 11.1 Å². The SMILES string of the molecule is COc1cccc(CC2CO2)c1C. The summed E-state index contributed by atoms with van der Waals surface area (Å²) in [4.78, 5) is 0. The predicted molar refractivity (Wildman–Crippen MR) is 51.2 cm³/mol. The molecule has 1 aliphatic rings. The fourth-order valence-corrected chi connectivity index (χ4v) is 1.53. The molecule has 1 heterocycles. The maximum Gasteiger partial charge on any atom is 0.122 e. The number of hydrogen-bond acceptors (Lipinski definition) is 2. The quantitative estimate of drug-likeness (QED) is 0.660. The molecular weight excluding hydrogens is 164 g/mol. The van der Waals surface area contributed by atoms with Crippen LogP contribution in [-0.2, 0) is 11.2 Å². The van der Waals surface area contributed by atoms with Crippen molar-refractivity contribution in [1.29, 1.82) is 0 Å². The van der Waals surface area contributed by atoms with Crippen molar-refractivity contribution in [2.75, 3.05) is 13.7 Å². The highest BCUT2D eigenvalue weighted by atomic mass is 16.6. The Kier molecular flexibility index (Phi) is 2.23. The molecule has 0 saturated carbocycles. The first-order valence-electron chi connectivity index (χ1n) is 4.55. The van der Waals surface area contributed by atoms with Crippen molar-refractivity contribution in [2.24, 2.45) is 0 Å². The van der Waals surface area contributed by atoms with Crippen LogP contribution in [0.3, 0.4) is 0 Å². The van der Waals surface area contributed by atoms with E-state index in [0.29, 0.717) is 6.10 Å². The van der Waals surface area contributed by atoms with Gasteiger partial charge in [-0.3, -0.25) is 0 Å². The second-order valence-electron chi connectivity index (χ2n) is 3.40. The summed E-state index contributed by atoms with van der Waals surface area (Å²) >= 11 is 0. The van der Waals surface area contributed by atoms with E-state index in [4.69, 9.17) is 9.47 Å². The van der Waals surface area contributed by atoms with E-state index in [-0.39, 0.29) is 0 Å². The lowest BCUT2D eigenvalue weighted by Gasteiger charge is -2.08. The van der Waals surface area contributed by atoms with Gasteiger partial charge in [-0.15, -0.1) is 0 Å². The third-order valence-electron chi connectivity index (χ3n) is 2.47. The number of epoxide rings is 1. The highest BCUT2D eigenvalue weighted by Gasteiger charge is 2.23. The molecule has 0 aliphatic carbocycles. The zero-order valence-corrected chi connectivity index (χ0v) is 8.04. The summed E-state index contributed by atoms with van der Waals surface area (Å²) in [5.41, 5.74) is 2.57. The Morgan fingerprint density at radius 3 is 2.92 bits per heavy atom. The van der Waals surface area contributed by atoms with Crippen molar-refractivity contribution < 1.29 is 9.47 Å². The summed E-state index contributed by atoms with van der Waals surface area (Å²) in [6, 6.07) is 6.16. The van der Waals surface area contributed by atoms with Crippen molar-refractivity contribution >= 4 is 0 Å². The highest BCUT2D eigenvalue weighted by molar-refractivity contribution is 5.39. The Hall–Kier alpha value is -1.02. The standard InChI is InChI=1S/C11H14O2/c1-8-9(6-10-7-13-10)4-3-5-11(8)12-2/h3-5,10H,6-7H2,1-2H3. The third-order valence-corrected chi connectivity index (χ3v) is 2.47. The van der Waals surface area contributed by atoms with Gasteiger partial charge >= 0.3 is 0 Å². The van der Waals surface area contributed by atoms with Gasteiger partial charge in [-0.2, -0.15) is 0 Å². The first kappa shape index (κ1) is 8.57. The number of benzene rings is 1. The number of rotatable bonds is 3. The second kappa shape index (κ2) is 3.38. The van der Waals surface area contributed by atoms with Crippen LogP contribution < -0.4 is 4.74 Å². The predicted octanol–water partition coefficient (Wildman–Crippen LogP) is 1.94. The number of ether oxygens (including phenoxy) is 2. The number of hydrogen-bond donors (Lipinski definition) is 0. The van der Waals surface area contributed by atoms with Crippen LogP contribution in [0.4, 0.5) is 0 Å². The molecule has 0 spiro atoms. The molecular formula is C11H14O2. The Balaban J connectivity index is 2.22. The molecule has 2 heteroatoms. The van der Waals surface area contributed by atoms with Crippen LogP contribution in [0.25, 0.3) is 0 Å². The summed E-state index contributed by atoms with van der Waals surface area (Å²) in [5.74, 6) is 0.971. The van der Waals surface area contributed by atoms with Gasteiger partial charge in [0.2, 0.25) is 0 Å². The van der Waals surface area contributed by atoms with E-state index in [1.54, 1.807) is 7.11 Å². The fourth-order valence-electron chi connectivity index (χ4n) is 1.53. The lowest BCUT2D eigenvalue weighted by Crippen LogP contribution is -1.97. The van der Waals surface area contributed by atoms with Crippen LogP contribution in [0, 0.1) is 6.92 Å². The maximum atomic E-state index is 5.25. The lowest BCUT2D eigenvalue weighted by atomic mass is 10.0. The van der Waals surface area contributed by atoms with E-state index in [2.05, 4.69) is 13.0 Å². The van der Waals surface area contributed by atoms with Gasteiger partial charge in [0.05, 0.1) is 19.8 Å². The lowest BCUT2D eigenvalue weighted by molar-refractivity contribution is 0.402. The van der Waals surface area contributed by atoms with Gasteiger partial charge in [-0.1, -0.05) is 12.1 Å². The van der Waals surface area contributed by atoms with E-state index in [0.717, 1.165) is 18.8 Å².